The molecular formula is C38H51F3N2O6S2Sn. The molecule has 3 rings (SSSR count). The zero-order valence-corrected chi connectivity index (χ0v) is 35.1. The number of sulfonamides is 1. The summed E-state index contributed by atoms with van der Waals surface area (Å²) in [4.78, 5) is 16.8. The number of likely N-dealkylation sites (N-methyl/N-ethyl adjacent to an activating group) is 1. The molecule has 3 aromatic carbocycles. The third-order valence-electron chi connectivity index (χ3n) is 9.18. The molecule has 0 aliphatic rings. The van der Waals surface area contributed by atoms with Crippen molar-refractivity contribution in [2.24, 2.45) is 0 Å². The second kappa shape index (κ2) is 19.4. The number of anilines is 1. The van der Waals surface area contributed by atoms with Crippen molar-refractivity contribution < 1.29 is 39.0 Å². The van der Waals surface area contributed by atoms with Crippen molar-refractivity contribution in [2.45, 2.75) is 96.5 Å². The maximum absolute atomic E-state index is 15.4. The van der Waals surface area contributed by atoms with Crippen molar-refractivity contribution in [1.82, 2.24) is 4.31 Å². The van der Waals surface area contributed by atoms with Crippen LogP contribution in [0, 0.1) is 6.92 Å². The number of benzene rings is 3. The van der Waals surface area contributed by atoms with E-state index in [1.165, 1.54) is 46.6 Å². The van der Waals surface area contributed by atoms with Gasteiger partial charge in [-0.25, -0.2) is 0 Å². The number of carbonyl (C=O) groups excluding carboxylic acids is 1. The monoisotopic (exact) mass is 872 g/mol. The Morgan fingerprint density at radius 1 is 0.788 bits per heavy atom. The Kier molecular flexibility index (Phi) is 16.3. The summed E-state index contributed by atoms with van der Waals surface area (Å²) in [6, 6.07) is 20.7. The van der Waals surface area contributed by atoms with Gasteiger partial charge >= 0.3 is 314 Å². The van der Waals surface area contributed by atoms with Gasteiger partial charge in [0.25, 0.3) is 0 Å². The van der Waals surface area contributed by atoms with Gasteiger partial charge in [0.05, 0.1) is 0 Å². The van der Waals surface area contributed by atoms with Crippen molar-refractivity contribution in [2.75, 3.05) is 18.5 Å². The molecule has 0 atom stereocenters. The van der Waals surface area contributed by atoms with Crippen LogP contribution < -0.4 is 9.08 Å². The van der Waals surface area contributed by atoms with E-state index in [4.69, 9.17) is 4.18 Å². The molecule has 0 saturated heterocycles. The number of alkyl halides is 3. The molecule has 0 aliphatic heterocycles. The van der Waals surface area contributed by atoms with Crippen LogP contribution in [0.1, 0.15) is 70.4 Å². The van der Waals surface area contributed by atoms with Crippen LogP contribution in [0.2, 0.25) is 13.3 Å². The summed E-state index contributed by atoms with van der Waals surface area (Å²) in [5.74, 6) is -1.12. The second-order valence-corrected chi connectivity index (χ2v) is 29.8. The van der Waals surface area contributed by atoms with E-state index in [0.29, 0.717) is 9.15 Å². The van der Waals surface area contributed by atoms with Gasteiger partial charge in [0.15, 0.2) is 0 Å². The number of unbranched alkanes of at least 4 members (excludes halogenated alkanes) is 3. The van der Waals surface area contributed by atoms with E-state index in [1.807, 2.05) is 6.92 Å². The molecule has 0 aliphatic carbocycles. The van der Waals surface area contributed by atoms with Crippen LogP contribution in [-0.4, -0.2) is 64.5 Å². The number of hydrogen-bond donors (Lipinski definition) is 0. The van der Waals surface area contributed by atoms with Crippen molar-refractivity contribution in [3.8, 4) is 5.75 Å². The number of halogens is 3. The molecule has 0 radical (unpaired) electrons. The van der Waals surface area contributed by atoms with Crippen LogP contribution in [0.15, 0.2) is 93.4 Å². The fraction of sp³-hybridized carbons (Fsp3) is 0.447. The molecule has 14 heteroatoms. The first-order valence-electron chi connectivity index (χ1n) is 17.7. The SMILES string of the molecule is CCC[CH2][Sn]([CH2]CCC)([CH2]CCC)/[C](=C/CN(C)S(=O)(=O)c1ccc(C)cc1)C(=O)N(Cc1ccccc1)c1ccccc1OS(=O)(=O)C(F)(F)F. The van der Waals surface area contributed by atoms with Gasteiger partial charge in [0.2, 0.25) is 0 Å². The maximum atomic E-state index is 15.4. The summed E-state index contributed by atoms with van der Waals surface area (Å²) < 4.78 is 102. The molecule has 52 heavy (non-hydrogen) atoms. The van der Waals surface area contributed by atoms with E-state index in [1.54, 1.807) is 48.5 Å². The molecule has 8 nitrogen and oxygen atoms in total. The summed E-state index contributed by atoms with van der Waals surface area (Å²) in [6.45, 7) is 7.90. The van der Waals surface area contributed by atoms with E-state index in [0.717, 1.165) is 63.5 Å². The van der Waals surface area contributed by atoms with E-state index >= 15 is 4.79 Å². The molecule has 0 N–H and O–H groups in total. The van der Waals surface area contributed by atoms with Crippen LogP contribution in [0.3, 0.4) is 0 Å². The van der Waals surface area contributed by atoms with Gasteiger partial charge in [-0.2, -0.15) is 0 Å². The van der Waals surface area contributed by atoms with Crippen LogP contribution >= 0.6 is 0 Å². The second-order valence-electron chi connectivity index (χ2n) is 13.1. The number of aryl methyl sites for hydroxylation is 1. The average Bonchev–Trinajstić information content (AvgIpc) is 3.11. The van der Waals surface area contributed by atoms with Crippen LogP contribution in [0.25, 0.3) is 0 Å². The van der Waals surface area contributed by atoms with Crippen molar-refractivity contribution >= 4 is 50.1 Å². The van der Waals surface area contributed by atoms with Gasteiger partial charge in [0.1, 0.15) is 0 Å². The topological polar surface area (TPSA) is 101 Å². The Hall–Kier alpha value is -2.88. The summed E-state index contributed by atoms with van der Waals surface area (Å²) in [6.07, 6.45) is 7.01. The Bertz CT molecular complexity index is 1830. The van der Waals surface area contributed by atoms with Gasteiger partial charge in [-0.3, -0.25) is 0 Å². The summed E-state index contributed by atoms with van der Waals surface area (Å²) in [5.41, 5.74) is -4.28. The van der Waals surface area contributed by atoms with Crippen molar-refractivity contribution in [3.05, 3.63) is 99.7 Å². The van der Waals surface area contributed by atoms with E-state index in [-0.39, 0.29) is 23.7 Å². The Morgan fingerprint density at radius 3 is 1.83 bits per heavy atom. The number of rotatable bonds is 20. The van der Waals surface area contributed by atoms with Crippen LogP contribution in [-0.2, 0) is 31.5 Å². The van der Waals surface area contributed by atoms with Crippen molar-refractivity contribution in [3.63, 3.8) is 0 Å². The van der Waals surface area contributed by atoms with Gasteiger partial charge in [-0.15, -0.1) is 0 Å². The van der Waals surface area contributed by atoms with Crippen molar-refractivity contribution in [1.29, 1.82) is 0 Å². The number of para-hydroxylation sites is 2. The number of nitrogens with zero attached hydrogens (tertiary/aromatic N) is 2. The predicted molar refractivity (Wildman–Crippen MR) is 204 cm³/mol. The minimum absolute atomic E-state index is 0.0990. The van der Waals surface area contributed by atoms with E-state index in [2.05, 4.69) is 20.8 Å². The first-order valence-corrected chi connectivity index (χ1v) is 28.0. The molecule has 0 saturated carbocycles. The number of amides is 1. The van der Waals surface area contributed by atoms with Crippen LogP contribution in [0.5, 0.6) is 5.75 Å². The number of hydrogen-bond acceptors (Lipinski definition) is 6. The van der Waals surface area contributed by atoms with Gasteiger partial charge in [-0.05, 0) is 0 Å². The van der Waals surface area contributed by atoms with Gasteiger partial charge < -0.3 is 0 Å². The summed E-state index contributed by atoms with van der Waals surface area (Å²) in [5, 5.41) is 0. The molecule has 0 unspecified atom stereocenters. The third-order valence-corrected chi connectivity index (χ3v) is 27.7. The zero-order chi connectivity index (χ0) is 38.6. The standard InChI is InChI=1S/C26H24F3N2O6S2.3C4H9.Sn/c1-20-14-16-22(17-15-20)38(33,34)30(2)18-8-13-25(32)31(19-21-9-4-3-5-10-21)23-11-6-7-12-24(23)37-39(35,36)26(27,28)29;3*1-3-4-2;/h3-12,14-17H,18-19H2,1-2H3;3*1,3-4H2,2H3;. The normalized spacial score (nSPS) is 13.0. The Labute approximate surface area is 312 Å². The molecule has 0 bridgehead atoms. The average molecular weight is 872 g/mol. The molecule has 0 heterocycles. The third kappa shape index (κ3) is 11.3. The predicted octanol–water partition coefficient (Wildman–Crippen LogP) is 9.39. The minimum atomic E-state index is -6.07. The first kappa shape index (κ1) is 43.5. The summed E-state index contributed by atoms with van der Waals surface area (Å²) >= 11 is -3.81. The fourth-order valence-electron chi connectivity index (χ4n) is 6.16. The van der Waals surface area contributed by atoms with Crippen LogP contribution in [0.4, 0.5) is 18.9 Å². The molecule has 0 fully saturated rings. The van der Waals surface area contributed by atoms with Gasteiger partial charge in [0, 0.05) is 0 Å². The quantitative estimate of drug-likeness (QED) is 0.0486. The number of carbonyl (C=O) groups is 1. The fourth-order valence-corrected chi connectivity index (χ4v) is 24.2. The molecule has 1 amide bonds. The molecular weight excluding hydrogens is 820 g/mol. The molecule has 3 aromatic rings. The molecule has 286 valence electrons. The van der Waals surface area contributed by atoms with E-state index < -0.39 is 55.7 Å². The zero-order valence-electron chi connectivity index (χ0n) is 30.7. The first-order chi connectivity index (χ1) is 24.5. The Balaban J connectivity index is 2.31. The molecule has 0 aromatic heterocycles. The molecule has 0 spiro atoms. The van der Waals surface area contributed by atoms with E-state index in [9.17, 15) is 30.0 Å². The summed E-state index contributed by atoms with van der Waals surface area (Å²) in [7, 11) is -8.55. The van der Waals surface area contributed by atoms with Gasteiger partial charge in [-0.1, -0.05) is 0 Å². The Morgan fingerprint density at radius 2 is 1.31 bits per heavy atom.